The van der Waals surface area contributed by atoms with Crippen LogP contribution in [-0.2, 0) is 29.6 Å². The number of nitro groups is 1. The highest BCUT2D eigenvalue weighted by Gasteiger charge is 2.32. The van der Waals surface area contributed by atoms with Crippen LogP contribution < -0.4 is 4.74 Å². The first-order valence-electron chi connectivity index (χ1n) is 13.6. The number of aromatic hydroxyl groups is 1. The van der Waals surface area contributed by atoms with Crippen LogP contribution in [0.2, 0.25) is 0 Å². The summed E-state index contributed by atoms with van der Waals surface area (Å²) in [6.07, 6.45) is 6.94. The summed E-state index contributed by atoms with van der Waals surface area (Å²) in [4.78, 5) is 51.6. The fourth-order valence-corrected chi connectivity index (χ4v) is 5.22. The molecule has 0 aliphatic carbocycles. The number of rotatable bonds is 10. The number of aliphatic hydroxyl groups is 2. The number of carbonyl (C=O) groups is 2. The molecule has 4 aromatic rings. The molecule has 3 aromatic heterocycles. The molecule has 17 nitrogen and oxygen atoms in total. The number of imidazole rings is 2. The molecule has 5 N–H and O–H groups in total. The maximum Gasteiger partial charge on any atom is 0.396 e. The summed E-state index contributed by atoms with van der Waals surface area (Å²) in [5, 5.41) is 46.3. The molecule has 46 heavy (non-hydrogen) atoms. The van der Waals surface area contributed by atoms with Gasteiger partial charge in [-0.1, -0.05) is 11.6 Å². The summed E-state index contributed by atoms with van der Waals surface area (Å²) in [5.41, 5.74) is 4.20. The van der Waals surface area contributed by atoms with Crippen molar-refractivity contribution in [2.45, 2.75) is 49.8 Å². The number of aromatic amines is 1. The van der Waals surface area contributed by atoms with E-state index in [9.17, 15) is 24.8 Å². The van der Waals surface area contributed by atoms with Gasteiger partial charge in [0.15, 0.2) is 10.7 Å². The van der Waals surface area contributed by atoms with Gasteiger partial charge in [-0.15, -0.1) is 0 Å². The van der Waals surface area contributed by atoms with E-state index in [1.807, 2.05) is 19.9 Å². The molecule has 0 unspecified atom stereocenters. The molecule has 5 rings (SSSR count). The minimum Gasteiger partial charge on any atom is -0.507 e. The lowest BCUT2D eigenvalue weighted by molar-refractivity contribution is -0.392. The molecular weight excluding hydrogens is 626 g/mol. The van der Waals surface area contributed by atoms with Crippen molar-refractivity contribution in [3.8, 4) is 11.5 Å². The second kappa shape index (κ2) is 16.3. The summed E-state index contributed by atoms with van der Waals surface area (Å²) in [6.45, 7) is 3.54. The molecule has 4 heterocycles. The van der Waals surface area contributed by atoms with E-state index in [1.54, 1.807) is 11.6 Å². The lowest BCUT2D eigenvalue weighted by Gasteiger charge is -2.15. The first-order chi connectivity index (χ1) is 21.9. The molecular formula is C28H33N7O10S. The topological polar surface area (TPSA) is 249 Å². The van der Waals surface area contributed by atoms with Gasteiger partial charge in [0.1, 0.15) is 40.5 Å². The Kier molecular flexibility index (Phi) is 12.5. The number of aliphatic hydroxyl groups excluding tert-OH is 2. The summed E-state index contributed by atoms with van der Waals surface area (Å²) in [5.74, 6) is -1.17. The highest BCUT2D eigenvalue weighted by molar-refractivity contribution is 7.99. The van der Waals surface area contributed by atoms with Crippen LogP contribution in [0.5, 0.6) is 11.5 Å². The van der Waals surface area contributed by atoms with Gasteiger partial charge in [0.05, 0.1) is 26.7 Å². The molecule has 0 saturated heterocycles. The zero-order chi connectivity index (χ0) is 34.0. The van der Waals surface area contributed by atoms with Crippen molar-refractivity contribution < 1.29 is 44.4 Å². The van der Waals surface area contributed by atoms with Crippen molar-refractivity contribution in [2.75, 3.05) is 20.3 Å². The Morgan fingerprint density at radius 2 is 1.96 bits per heavy atom. The number of H-pyrrole nitrogens is 1. The number of cyclic esters (lactones) is 1. The molecule has 1 aliphatic rings. The third-order valence-electron chi connectivity index (χ3n) is 6.55. The Balaban J connectivity index is 0.000000227. The molecule has 0 amide bonds. The number of aromatic nitrogens is 6. The normalized spacial score (nSPS) is 12.0. The van der Waals surface area contributed by atoms with E-state index in [0.29, 0.717) is 50.9 Å². The number of carbonyl (C=O) groups excluding carboxylic acids is 1. The van der Waals surface area contributed by atoms with Crippen molar-refractivity contribution in [3.05, 3.63) is 63.0 Å². The van der Waals surface area contributed by atoms with Crippen LogP contribution in [0.4, 0.5) is 5.82 Å². The third kappa shape index (κ3) is 8.34. The molecule has 1 aliphatic heterocycles. The quantitative estimate of drug-likeness (QED) is 0.0540. The van der Waals surface area contributed by atoms with Crippen LogP contribution in [0.1, 0.15) is 46.8 Å². The Hall–Kier alpha value is -5.07. The number of benzene rings is 1. The van der Waals surface area contributed by atoms with Gasteiger partial charge in [-0.2, -0.15) is 0 Å². The first kappa shape index (κ1) is 35.4. The smallest absolute Gasteiger partial charge is 0.396 e. The SMILES string of the molecule is COc1c(C)c2c(c(O)c1C/C=C(\C)CCC(=O)O)C(=O)OC2.Cn1cnc([N+](=O)[O-])c1Sc1ncnc2nc[nH]c12.OCCO. The van der Waals surface area contributed by atoms with Crippen molar-refractivity contribution in [1.82, 2.24) is 29.5 Å². The van der Waals surface area contributed by atoms with E-state index < -0.39 is 16.9 Å². The van der Waals surface area contributed by atoms with Crippen molar-refractivity contribution in [3.63, 3.8) is 0 Å². The zero-order valence-electron chi connectivity index (χ0n) is 25.4. The van der Waals surface area contributed by atoms with Crippen LogP contribution in [0.15, 0.2) is 40.7 Å². The van der Waals surface area contributed by atoms with Crippen molar-refractivity contribution in [2.24, 2.45) is 7.05 Å². The Morgan fingerprint density at radius 1 is 1.24 bits per heavy atom. The second-order valence-electron chi connectivity index (χ2n) is 9.63. The number of hydrogen-bond acceptors (Lipinski definition) is 14. The molecule has 0 spiro atoms. The number of carboxylic acids is 1. The average Bonchev–Trinajstić information content (AvgIpc) is 3.77. The van der Waals surface area contributed by atoms with E-state index >= 15 is 0 Å². The van der Waals surface area contributed by atoms with Gasteiger partial charge in [0, 0.05) is 24.6 Å². The van der Waals surface area contributed by atoms with Gasteiger partial charge in [0.2, 0.25) is 6.33 Å². The van der Waals surface area contributed by atoms with Crippen LogP contribution in [0, 0.1) is 17.0 Å². The number of methoxy groups -OCH3 is 1. The predicted molar refractivity (Wildman–Crippen MR) is 163 cm³/mol. The average molecular weight is 660 g/mol. The molecule has 1 aromatic carbocycles. The molecule has 246 valence electrons. The van der Waals surface area contributed by atoms with Gasteiger partial charge >= 0.3 is 17.8 Å². The van der Waals surface area contributed by atoms with Gasteiger partial charge in [-0.05, 0) is 53.9 Å². The first-order valence-corrected chi connectivity index (χ1v) is 14.4. The van der Waals surface area contributed by atoms with Gasteiger partial charge in [-0.25, -0.2) is 19.7 Å². The van der Waals surface area contributed by atoms with Gasteiger partial charge < -0.3 is 49.6 Å². The van der Waals surface area contributed by atoms with E-state index in [0.717, 1.165) is 22.9 Å². The summed E-state index contributed by atoms with van der Waals surface area (Å²) in [6, 6.07) is 0. The van der Waals surface area contributed by atoms with Gasteiger partial charge in [-0.3, -0.25) is 4.79 Å². The summed E-state index contributed by atoms with van der Waals surface area (Å²) < 4.78 is 12.0. The Labute approximate surface area is 266 Å². The Morgan fingerprint density at radius 3 is 2.59 bits per heavy atom. The minimum atomic E-state index is -0.853. The largest absolute Gasteiger partial charge is 0.507 e. The maximum atomic E-state index is 11.8. The fraction of sp³-hybridized carbons (Fsp3) is 0.357. The summed E-state index contributed by atoms with van der Waals surface area (Å²) in [7, 11) is 3.20. The summed E-state index contributed by atoms with van der Waals surface area (Å²) >= 11 is 1.15. The zero-order valence-corrected chi connectivity index (χ0v) is 26.2. The van der Waals surface area contributed by atoms with Crippen LogP contribution in [0.25, 0.3) is 11.2 Å². The van der Waals surface area contributed by atoms with E-state index in [2.05, 4.69) is 24.9 Å². The van der Waals surface area contributed by atoms with Crippen molar-refractivity contribution in [1.29, 1.82) is 0 Å². The molecule has 18 heteroatoms. The van der Waals surface area contributed by atoms with E-state index in [1.165, 1.54) is 26.1 Å². The fourth-order valence-electron chi connectivity index (χ4n) is 4.27. The number of fused-ring (bicyclic) bond motifs is 2. The minimum absolute atomic E-state index is 0.0565. The number of esters is 1. The monoisotopic (exact) mass is 659 g/mol. The lowest BCUT2D eigenvalue weighted by Crippen LogP contribution is -2.03. The number of aliphatic carboxylic acids is 1. The van der Waals surface area contributed by atoms with Crippen LogP contribution in [-0.4, -0.2) is 87.1 Å². The molecule has 0 atom stereocenters. The highest BCUT2D eigenvalue weighted by Crippen LogP contribution is 2.42. The number of phenols is 1. The van der Waals surface area contributed by atoms with Crippen molar-refractivity contribution >= 4 is 40.7 Å². The number of nitrogens with one attached hydrogen (secondary N) is 1. The number of aryl methyl sites for hydroxylation is 1. The van der Waals surface area contributed by atoms with E-state index in [4.69, 9.17) is 24.8 Å². The molecule has 0 bridgehead atoms. The highest BCUT2D eigenvalue weighted by atomic mass is 32.2. The number of phenolic OH excluding ortho intramolecular Hbond substituents is 1. The third-order valence-corrected chi connectivity index (χ3v) is 7.72. The maximum absolute atomic E-state index is 11.8. The Bertz CT molecular complexity index is 1750. The molecule has 0 radical (unpaired) electrons. The lowest BCUT2D eigenvalue weighted by atomic mass is 9.94. The molecule has 0 saturated carbocycles. The van der Waals surface area contributed by atoms with Crippen LogP contribution >= 0.6 is 11.8 Å². The number of hydrogen-bond donors (Lipinski definition) is 5. The number of ether oxygens (including phenoxy) is 2. The van der Waals surface area contributed by atoms with E-state index in [-0.39, 0.29) is 43.4 Å². The number of allylic oxidation sites excluding steroid dienone is 2. The molecule has 0 fully saturated rings. The second-order valence-corrected chi connectivity index (χ2v) is 10.6. The predicted octanol–water partition coefficient (Wildman–Crippen LogP) is 2.85. The standard InChI is InChI=1S/C17H20O6.C9H7N7O2S.C2H6O2/c1-9(5-7-13(18)19)4-6-11-15(20)14-12(8-23-17(14)21)10(2)16(11)22-3;1-15-4-14-7(16(17)18)9(15)19-8-5-6(11-2-10-5)12-3-13-8;3-1-2-4/h4,20H,5-8H2,1-3H3,(H,18,19);2-4H,1H3,(H,10,11,12,13);3-4H,1-2H2/b9-4+;;. The van der Waals surface area contributed by atoms with Crippen LogP contribution in [0.3, 0.4) is 0 Å². The van der Waals surface area contributed by atoms with Gasteiger partial charge in [0.25, 0.3) is 0 Å². The number of nitrogens with zero attached hydrogens (tertiary/aromatic N) is 6. The number of carboxylic acid groups (broad SMARTS) is 1.